The molecule has 112 valence electrons. The Morgan fingerprint density at radius 3 is 2.62 bits per heavy atom. The maximum atomic E-state index is 4.78. The van der Waals surface area contributed by atoms with E-state index in [1.54, 1.807) is 0 Å². The number of hydrogen-bond donors (Lipinski definition) is 1. The van der Waals surface area contributed by atoms with Crippen LogP contribution in [0.25, 0.3) is 10.8 Å². The molecule has 0 aliphatic heterocycles. The highest BCUT2D eigenvalue weighted by Crippen LogP contribution is 2.28. The molecule has 3 nitrogen and oxygen atoms in total. The third-order valence-corrected chi connectivity index (χ3v) is 4.19. The van der Waals surface area contributed by atoms with E-state index >= 15 is 0 Å². The molecular weight excluding hydrogens is 258 g/mol. The lowest BCUT2D eigenvalue weighted by molar-refractivity contribution is 0.689. The van der Waals surface area contributed by atoms with Crippen LogP contribution in [0.5, 0.6) is 0 Å². The Morgan fingerprint density at radius 1 is 1.19 bits per heavy atom. The molecule has 1 aliphatic rings. The van der Waals surface area contributed by atoms with Crippen LogP contribution < -0.4 is 10.2 Å². The van der Waals surface area contributed by atoms with E-state index in [0.717, 1.165) is 37.9 Å². The Kier molecular flexibility index (Phi) is 4.39. The Hall–Kier alpha value is -1.61. The molecule has 2 aromatic rings. The molecule has 21 heavy (non-hydrogen) atoms. The topological polar surface area (TPSA) is 28.2 Å². The lowest BCUT2D eigenvalue weighted by Crippen LogP contribution is -2.25. The molecule has 3 heteroatoms. The summed E-state index contributed by atoms with van der Waals surface area (Å²) in [7, 11) is 0. The van der Waals surface area contributed by atoms with E-state index < -0.39 is 0 Å². The predicted octanol–water partition coefficient (Wildman–Crippen LogP) is 3.72. The van der Waals surface area contributed by atoms with Gasteiger partial charge in [0.15, 0.2) is 0 Å². The first-order valence-electron chi connectivity index (χ1n) is 8.18. The van der Waals surface area contributed by atoms with E-state index in [4.69, 9.17) is 4.98 Å². The Labute approximate surface area is 127 Å². The van der Waals surface area contributed by atoms with E-state index in [2.05, 4.69) is 54.5 Å². The van der Waals surface area contributed by atoms with Crippen LogP contribution >= 0.6 is 0 Å². The summed E-state index contributed by atoms with van der Waals surface area (Å²) in [4.78, 5) is 7.16. The molecule has 0 bridgehead atoms. The normalized spacial score (nSPS) is 14.6. The first kappa shape index (κ1) is 14.3. The molecule has 0 radical (unpaired) electrons. The van der Waals surface area contributed by atoms with Crippen molar-refractivity contribution in [1.82, 2.24) is 10.3 Å². The molecule has 1 heterocycles. The van der Waals surface area contributed by atoms with Gasteiger partial charge in [-0.25, -0.2) is 4.98 Å². The van der Waals surface area contributed by atoms with Gasteiger partial charge in [0.2, 0.25) is 0 Å². The van der Waals surface area contributed by atoms with E-state index in [0.29, 0.717) is 0 Å². The fraction of sp³-hybridized carbons (Fsp3) is 0.500. The number of fused-ring (bicyclic) bond motifs is 1. The Balaban J connectivity index is 1.96. The third-order valence-electron chi connectivity index (χ3n) is 4.19. The number of pyridine rings is 1. The van der Waals surface area contributed by atoms with Gasteiger partial charge >= 0.3 is 0 Å². The molecule has 0 saturated heterocycles. The summed E-state index contributed by atoms with van der Waals surface area (Å²) in [5.74, 6) is 1.13. The molecule has 1 saturated carbocycles. The number of aromatic nitrogens is 1. The molecule has 1 aromatic heterocycles. The molecular formula is C18H25N3. The van der Waals surface area contributed by atoms with E-state index in [9.17, 15) is 0 Å². The minimum Gasteiger partial charge on any atom is -0.356 e. The standard InChI is InChI=1S/C18H25N3/c1-3-11-21(4-2)18-17-8-6-5-7-16(17)14(13-20-18)12-19-15-9-10-15/h5-8,13,15,19H,3-4,9-12H2,1-2H3. The monoisotopic (exact) mass is 283 g/mol. The van der Waals surface area contributed by atoms with Crippen LogP contribution in [-0.4, -0.2) is 24.1 Å². The Morgan fingerprint density at radius 2 is 1.95 bits per heavy atom. The minimum absolute atomic E-state index is 0.732. The number of benzene rings is 1. The summed E-state index contributed by atoms with van der Waals surface area (Å²) in [5, 5.41) is 6.22. The van der Waals surface area contributed by atoms with Crippen LogP contribution in [0.3, 0.4) is 0 Å². The molecule has 0 spiro atoms. The number of nitrogens with zero attached hydrogens (tertiary/aromatic N) is 2. The lowest BCUT2D eigenvalue weighted by Gasteiger charge is -2.23. The number of rotatable bonds is 7. The molecule has 1 fully saturated rings. The third kappa shape index (κ3) is 3.18. The van der Waals surface area contributed by atoms with Crippen molar-refractivity contribution < 1.29 is 0 Å². The summed E-state index contributed by atoms with van der Waals surface area (Å²) in [6.07, 6.45) is 5.85. The van der Waals surface area contributed by atoms with Crippen LogP contribution in [-0.2, 0) is 6.54 Å². The highest BCUT2D eigenvalue weighted by atomic mass is 15.2. The van der Waals surface area contributed by atoms with Crippen molar-refractivity contribution in [3.63, 3.8) is 0 Å². The highest BCUT2D eigenvalue weighted by molar-refractivity contribution is 5.94. The molecule has 3 rings (SSSR count). The average molecular weight is 283 g/mol. The zero-order chi connectivity index (χ0) is 14.7. The van der Waals surface area contributed by atoms with Crippen LogP contribution in [0.1, 0.15) is 38.7 Å². The van der Waals surface area contributed by atoms with Crippen molar-refractivity contribution >= 4 is 16.6 Å². The van der Waals surface area contributed by atoms with Gasteiger partial charge in [-0.3, -0.25) is 0 Å². The van der Waals surface area contributed by atoms with Gasteiger partial charge < -0.3 is 10.2 Å². The molecule has 0 unspecified atom stereocenters. The molecule has 0 atom stereocenters. The van der Waals surface area contributed by atoms with Crippen molar-refractivity contribution in [2.45, 2.75) is 45.7 Å². The summed E-state index contributed by atoms with van der Waals surface area (Å²) >= 11 is 0. The van der Waals surface area contributed by atoms with Crippen LogP contribution in [0.15, 0.2) is 30.5 Å². The minimum atomic E-state index is 0.732. The van der Waals surface area contributed by atoms with Gasteiger partial charge in [0.25, 0.3) is 0 Å². The smallest absolute Gasteiger partial charge is 0.136 e. The van der Waals surface area contributed by atoms with Crippen molar-refractivity contribution in [3.05, 3.63) is 36.0 Å². The lowest BCUT2D eigenvalue weighted by atomic mass is 10.1. The van der Waals surface area contributed by atoms with Gasteiger partial charge in [-0.05, 0) is 37.1 Å². The van der Waals surface area contributed by atoms with Gasteiger partial charge in [-0.1, -0.05) is 31.2 Å². The number of hydrogen-bond acceptors (Lipinski definition) is 3. The van der Waals surface area contributed by atoms with Gasteiger partial charge in [-0.2, -0.15) is 0 Å². The van der Waals surface area contributed by atoms with Crippen molar-refractivity contribution in [3.8, 4) is 0 Å². The first-order chi connectivity index (χ1) is 10.3. The summed E-state index contributed by atoms with van der Waals surface area (Å²) in [5.41, 5.74) is 1.31. The van der Waals surface area contributed by atoms with Crippen molar-refractivity contribution in [2.24, 2.45) is 0 Å². The fourth-order valence-corrected chi connectivity index (χ4v) is 2.85. The molecule has 1 aliphatic carbocycles. The van der Waals surface area contributed by atoms with Gasteiger partial charge in [-0.15, -0.1) is 0 Å². The van der Waals surface area contributed by atoms with Crippen molar-refractivity contribution in [2.75, 3.05) is 18.0 Å². The second-order valence-corrected chi connectivity index (χ2v) is 5.89. The Bertz CT molecular complexity index is 604. The summed E-state index contributed by atoms with van der Waals surface area (Å²) < 4.78 is 0. The maximum Gasteiger partial charge on any atom is 0.136 e. The number of anilines is 1. The van der Waals surface area contributed by atoms with Crippen LogP contribution in [0.4, 0.5) is 5.82 Å². The zero-order valence-corrected chi connectivity index (χ0v) is 13.1. The van der Waals surface area contributed by atoms with E-state index in [1.807, 2.05) is 0 Å². The van der Waals surface area contributed by atoms with Gasteiger partial charge in [0.1, 0.15) is 5.82 Å². The van der Waals surface area contributed by atoms with Gasteiger partial charge in [0, 0.05) is 37.3 Å². The van der Waals surface area contributed by atoms with E-state index in [-0.39, 0.29) is 0 Å². The van der Waals surface area contributed by atoms with E-state index in [1.165, 1.54) is 29.2 Å². The maximum absolute atomic E-state index is 4.78. The van der Waals surface area contributed by atoms with Gasteiger partial charge in [0.05, 0.1) is 0 Å². The average Bonchev–Trinajstić information content (AvgIpc) is 3.35. The summed E-state index contributed by atoms with van der Waals surface area (Å²) in [6.45, 7) is 7.42. The second kappa shape index (κ2) is 6.44. The highest BCUT2D eigenvalue weighted by Gasteiger charge is 2.20. The molecule has 1 N–H and O–H groups in total. The zero-order valence-electron chi connectivity index (χ0n) is 13.1. The first-order valence-corrected chi connectivity index (χ1v) is 8.18. The molecule has 1 aromatic carbocycles. The van der Waals surface area contributed by atoms with Crippen molar-refractivity contribution in [1.29, 1.82) is 0 Å². The summed E-state index contributed by atoms with van der Waals surface area (Å²) in [6, 6.07) is 9.41. The SMILES string of the molecule is CCCN(CC)c1ncc(CNC2CC2)c2ccccc12. The van der Waals surface area contributed by atoms with Crippen LogP contribution in [0.2, 0.25) is 0 Å². The fourth-order valence-electron chi connectivity index (χ4n) is 2.85. The quantitative estimate of drug-likeness (QED) is 0.839. The number of nitrogens with one attached hydrogen (secondary N) is 1. The predicted molar refractivity (Wildman–Crippen MR) is 89.8 cm³/mol. The second-order valence-electron chi connectivity index (χ2n) is 5.89. The molecule has 0 amide bonds. The largest absolute Gasteiger partial charge is 0.356 e. The van der Waals surface area contributed by atoms with Crippen LogP contribution in [0, 0.1) is 0 Å².